The Labute approximate surface area is 162 Å². The molecule has 2 aliphatic rings. The fourth-order valence-electron chi connectivity index (χ4n) is 3.90. The predicted molar refractivity (Wildman–Crippen MR) is 108 cm³/mol. The number of anilines is 1. The van der Waals surface area contributed by atoms with Crippen LogP contribution in [0.4, 0.5) is 5.69 Å². The number of nitrogens with one attached hydrogen (secondary N) is 1. The van der Waals surface area contributed by atoms with Crippen molar-refractivity contribution in [1.29, 1.82) is 0 Å². The van der Waals surface area contributed by atoms with Gasteiger partial charge < -0.3 is 10.2 Å². The van der Waals surface area contributed by atoms with Crippen LogP contribution in [-0.2, 0) is 9.59 Å². The summed E-state index contributed by atoms with van der Waals surface area (Å²) in [5, 5.41) is 2.95. The molecular formula is C21H32N4O2. The zero-order chi connectivity index (χ0) is 19.2. The van der Waals surface area contributed by atoms with Crippen LogP contribution in [0.3, 0.4) is 0 Å². The standard InChI is InChI=1S/C21H32N4O2/c1-17-6-8-19(9-7-17)22-20(26)15-23-11-13-24(14-12-23)16-21(27)25-10-4-3-5-18(25)2/h6-9,18H,3-5,10-16H2,1-2H3,(H,22,26). The summed E-state index contributed by atoms with van der Waals surface area (Å²) in [6.07, 6.45) is 3.48. The molecule has 0 radical (unpaired) electrons. The highest BCUT2D eigenvalue weighted by atomic mass is 16.2. The second-order valence-corrected chi connectivity index (χ2v) is 7.90. The van der Waals surface area contributed by atoms with Gasteiger partial charge in [-0.2, -0.15) is 0 Å². The van der Waals surface area contributed by atoms with Crippen LogP contribution in [-0.4, -0.2) is 78.4 Å². The van der Waals surface area contributed by atoms with E-state index in [0.717, 1.165) is 51.3 Å². The molecule has 1 atom stereocenters. The highest BCUT2D eigenvalue weighted by Crippen LogP contribution is 2.17. The Morgan fingerprint density at radius 2 is 1.59 bits per heavy atom. The summed E-state index contributed by atoms with van der Waals surface area (Å²) in [7, 11) is 0. The fourth-order valence-corrected chi connectivity index (χ4v) is 3.90. The maximum absolute atomic E-state index is 12.6. The molecule has 2 saturated heterocycles. The van der Waals surface area contributed by atoms with Crippen LogP contribution in [0.15, 0.2) is 24.3 Å². The van der Waals surface area contributed by atoms with E-state index < -0.39 is 0 Å². The second kappa shape index (κ2) is 9.33. The van der Waals surface area contributed by atoms with Gasteiger partial charge in [0.2, 0.25) is 11.8 Å². The quantitative estimate of drug-likeness (QED) is 0.858. The Morgan fingerprint density at radius 3 is 2.22 bits per heavy atom. The van der Waals surface area contributed by atoms with Crippen molar-refractivity contribution in [2.75, 3.05) is 51.1 Å². The van der Waals surface area contributed by atoms with Crippen molar-refractivity contribution in [3.63, 3.8) is 0 Å². The molecular weight excluding hydrogens is 340 g/mol. The summed E-state index contributed by atoms with van der Waals surface area (Å²) in [4.78, 5) is 31.2. The lowest BCUT2D eigenvalue weighted by atomic mass is 10.0. The molecule has 0 spiro atoms. The first kappa shape index (κ1) is 19.8. The number of piperidine rings is 1. The third kappa shape index (κ3) is 5.78. The van der Waals surface area contributed by atoms with Gasteiger partial charge in [0, 0.05) is 44.5 Å². The zero-order valence-electron chi connectivity index (χ0n) is 16.6. The lowest BCUT2D eigenvalue weighted by Crippen LogP contribution is -2.53. The van der Waals surface area contributed by atoms with E-state index in [0.29, 0.717) is 19.1 Å². The van der Waals surface area contributed by atoms with Crippen LogP contribution in [0.1, 0.15) is 31.7 Å². The van der Waals surface area contributed by atoms with Gasteiger partial charge in [-0.15, -0.1) is 0 Å². The van der Waals surface area contributed by atoms with Crippen LogP contribution in [0.5, 0.6) is 0 Å². The number of carbonyl (C=O) groups is 2. The van der Waals surface area contributed by atoms with Crippen molar-refractivity contribution < 1.29 is 9.59 Å². The molecule has 0 aliphatic carbocycles. The maximum Gasteiger partial charge on any atom is 0.238 e. The normalized spacial score (nSPS) is 21.9. The van der Waals surface area contributed by atoms with Crippen molar-refractivity contribution >= 4 is 17.5 Å². The SMILES string of the molecule is Cc1ccc(NC(=O)CN2CCN(CC(=O)N3CCCCC3C)CC2)cc1. The summed E-state index contributed by atoms with van der Waals surface area (Å²) in [6, 6.07) is 8.22. The van der Waals surface area contributed by atoms with Crippen LogP contribution < -0.4 is 5.32 Å². The van der Waals surface area contributed by atoms with Crippen LogP contribution in [0, 0.1) is 6.92 Å². The third-order valence-electron chi connectivity index (χ3n) is 5.65. The predicted octanol–water partition coefficient (Wildman–Crippen LogP) is 1.95. The van der Waals surface area contributed by atoms with Crippen molar-refractivity contribution in [3.8, 4) is 0 Å². The number of benzene rings is 1. The van der Waals surface area contributed by atoms with Crippen LogP contribution in [0.2, 0.25) is 0 Å². The molecule has 0 saturated carbocycles. The third-order valence-corrected chi connectivity index (χ3v) is 5.65. The van der Waals surface area contributed by atoms with E-state index in [2.05, 4.69) is 22.0 Å². The second-order valence-electron chi connectivity index (χ2n) is 7.90. The minimum Gasteiger partial charge on any atom is -0.339 e. The van der Waals surface area contributed by atoms with E-state index in [4.69, 9.17) is 0 Å². The molecule has 1 unspecified atom stereocenters. The number of hydrogen-bond donors (Lipinski definition) is 1. The van der Waals surface area contributed by atoms with Crippen molar-refractivity contribution in [3.05, 3.63) is 29.8 Å². The molecule has 0 bridgehead atoms. The van der Waals surface area contributed by atoms with E-state index in [-0.39, 0.29) is 11.8 Å². The van der Waals surface area contributed by atoms with Crippen LogP contribution in [0.25, 0.3) is 0 Å². The van der Waals surface area contributed by atoms with Gasteiger partial charge in [-0.25, -0.2) is 0 Å². The van der Waals surface area contributed by atoms with Gasteiger partial charge in [0.15, 0.2) is 0 Å². The number of likely N-dealkylation sites (tertiary alicyclic amines) is 1. The van der Waals surface area contributed by atoms with Gasteiger partial charge in [-0.1, -0.05) is 17.7 Å². The Balaban J connectivity index is 1.38. The number of nitrogens with zero attached hydrogens (tertiary/aromatic N) is 3. The van der Waals surface area contributed by atoms with Gasteiger partial charge in [-0.3, -0.25) is 19.4 Å². The monoisotopic (exact) mass is 372 g/mol. The van der Waals surface area contributed by atoms with Gasteiger partial charge in [-0.05, 0) is 45.2 Å². The zero-order valence-corrected chi connectivity index (χ0v) is 16.6. The molecule has 27 heavy (non-hydrogen) atoms. The number of aryl methyl sites for hydroxylation is 1. The molecule has 148 valence electrons. The molecule has 6 nitrogen and oxygen atoms in total. The van der Waals surface area contributed by atoms with Crippen molar-refractivity contribution in [2.45, 2.75) is 39.2 Å². The minimum atomic E-state index is 0.0190. The van der Waals surface area contributed by atoms with E-state index in [1.807, 2.05) is 36.1 Å². The average molecular weight is 373 g/mol. The van der Waals surface area contributed by atoms with E-state index in [9.17, 15) is 9.59 Å². The first-order chi connectivity index (χ1) is 13.0. The lowest BCUT2D eigenvalue weighted by molar-refractivity contribution is -0.136. The van der Waals surface area contributed by atoms with Crippen LogP contribution >= 0.6 is 0 Å². The van der Waals surface area contributed by atoms with Crippen molar-refractivity contribution in [1.82, 2.24) is 14.7 Å². The molecule has 2 aliphatic heterocycles. The molecule has 2 amide bonds. The number of rotatable bonds is 5. The maximum atomic E-state index is 12.6. The molecule has 2 fully saturated rings. The minimum absolute atomic E-state index is 0.0190. The smallest absolute Gasteiger partial charge is 0.238 e. The summed E-state index contributed by atoms with van der Waals surface area (Å²) >= 11 is 0. The summed E-state index contributed by atoms with van der Waals surface area (Å²) < 4.78 is 0. The van der Waals surface area contributed by atoms with E-state index in [1.54, 1.807) is 0 Å². The molecule has 1 aromatic carbocycles. The molecule has 1 aromatic rings. The van der Waals surface area contributed by atoms with Crippen molar-refractivity contribution in [2.24, 2.45) is 0 Å². The first-order valence-corrected chi connectivity index (χ1v) is 10.1. The summed E-state index contributed by atoms with van der Waals surface area (Å²) in [5.74, 6) is 0.276. The Hall–Kier alpha value is -1.92. The van der Waals surface area contributed by atoms with Gasteiger partial charge in [0.1, 0.15) is 0 Å². The molecule has 1 N–H and O–H groups in total. The number of carbonyl (C=O) groups excluding carboxylic acids is 2. The topological polar surface area (TPSA) is 55.9 Å². The number of piperazine rings is 1. The summed E-state index contributed by atoms with van der Waals surface area (Å²) in [6.45, 7) is 9.32. The molecule has 3 rings (SSSR count). The Morgan fingerprint density at radius 1 is 0.963 bits per heavy atom. The van der Waals surface area contributed by atoms with Gasteiger partial charge in [0.25, 0.3) is 0 Å². The first-order valence-electron chi connectivity index (χ1n) is 10.1. The molecule has 2 heterocycles. The Kier molecular flexibility index (Phi) is 6.85. The molecule has 6 heteroatoms. The van der Waals surface area contributed by atoms with Gasteiger partial charge in [0.05, 0.1) is 13.1 Å². The Bertz CT molecular complexity index is 638. The summed E-state index contributed by atoms with van der Waals surface area (Å²) in [5.41, 5.74) is 2.02. The number of hydrogen-bond acceptors (Lipinski definition) is 4. The highest BCUT2D eigenvalue weighted by Gasteiger charge is 2.26. The highest BCUT2D eigenvalue weighted by molar-refractivity contribution is 5.92. The largest absolute Gasteiger partial charge is 0.339 e. The van der Waals surface area contributed by atoms with E-state index in [1.165, 1.54) is 12.0 Å². The average Bonchev–Trinajstić information content (AvgIpc) is 2.65. The lowest BCUT2D eigenvalue weighted by Gasteiger charge is -2.37. The van der Waals surface area contributed by atoms with Gasteiger partial charge >= 0.3 is 0 Å². The van der Waals surface area contributed by atoms with E-state index >= 15 is 0 Å². The number of amides is 2. The fraction of sp³-hybridized carbons (Fsp3) is 0.619. The molecule has 0 aromatic heterocycles.